The molecule has 0 amide bonds. The minimum atomic E-state index is -0.446. The molecule has 2 nitrogen and oxygen atoms in total. The Labute approximate surface area is 127 Å². The number of ketones is 1. The van der Waals surface area contributed by atoms with E-state index in [0.717, 1.165) is 17.2 Å². The van der Waals surface area contributed by atoms with Gasteiger partial charge in [-0.25, -0.2) is 0 Å². The fourth-order valence-corrected chi connectivity index (χ4v) is 3.79. The molecule has 0 aromatic carbocycles. The van der Waals surface area contributed by atoms with Crippen LogP contribution in [0.1, 0.15) is 73.7 Å². The number of hydrogen-bond donors (Lipinski definition) is 0. The highest BCUT2D eigenvalue weighted by Gasteiger charge is 2.26. The maximum Gasteiger partial charge on any atom is 0.182 e. The number of aryl methyl sites for hydroxylation is 1. The Morgan fingerprint density at radius 2 is 2.15 bits per heavy atom. The molecule has 1 saturated carbocycles. The van der Waals surface area contributed by atoms with Crippen LogP contribution in [-0.4, -0.2) is 15.7 Å². The molecule has 0 bridgehead atoms. The van der Waals surface area contributed by atoms with Crippen LogP contribution >= 0.6 is 11.6 Å². The number of alkyl halides is 1. The van der Waals surface area contributed by atoms with Gasteiger partial charge in [0.1, 0.15) is 0 Å². The Morgan fingerprint density at radius 3 is 2.75 bits per heavy atom. The van der Waals surface area contributed by atoms with E-state index in [1.807, 2.05) is 6.07 Å². The summed E-state index contributed by atoms with van der Waals surface area (Å²) in [5, 5.41) is -0.446. The van der Waals surface area contributed by atoms with Gasteiger partial charge in [0.2, 0.25) is 0 Å². The molecular weight excluding hydrogens is 270 g/mol. The Hall–Kier alpha value is -0.760. The Morgan fingerprint density at radius 1 is 1.45 bits per heavy atom. The SMILES string of the molecule is CCC1CCCC(n2c(C)cc(C(=O)C(C)Cl)c2C)C1. The number of halogens is 1. The summed E-state index contributed by atoms with van der Waals surface area (Å²) in [5.41, 5.74) is 3.11. The summed E-state index contributed by atoms with van der Waals surface area (Å²) >= 11 is 5.97. The highest BCUT2D eigenvalue weighted by atomic mass is 35.5. The van der Waals surface area contributed by atoms with Gasteiger partial charge in [0, 0.05) is 23.0 Å². The molecule has 3 unspecified atom stereocenters. The first-order valence-corrected chi connectivity index (χ1v) is 8.26. The number of hydrogen-bond acceptors (Lipinski definition) is 1. The van der Waals surface area contributed by atoms with Crippen molar-refractivity contribution >= 4 is 17.4 Å². The van der Waals surface area contributed by atoms with Crippen molar-refractivity contribution in [2.24, 2.45) is 5.92 Å². The van der Waals surface area contributed by atoms with Gasteiger partial charge in [-0.15, -0.1) is 11.6 Å². The van der Waals surface area contributed by atoms with E-state index in [9.17, 15) is 4.79 Å². The molecule has 0 aliphatic heterocycles. The monoisotopic (exact) mass is 295 g/mol. The Balaban J connectivity index is 2.30. The molecule has 1 aromatic heterocycles. The van der Waals surface area contributed by atoms with Crippen LogP contribution in [0.4, 0.5) is 0 Å². The van der Waals surface area contributed by atoms with Crippen molar-refractivity contribution in [2.75, 3.05) is 0 Å². The molecule has 1 fully saturated rings. The largest absolute Gasteiger partial charge is 0.345 e. The summed E-state index contributed by atoms with van der Waals surface area (Å²) in [4.78, 5) is 12.2. The standard InChI is InChI=1S/C17H26ClNO/c1-5-14-7-6-8-15(10-14)19-11(2)9-16(13(19)4)17(20)12(3)18/h9,12,14-15H,5-8,10H2,1-4H3. The van der Waals surface area contributed by atoms with Gasteiger partial charge in [-0.2, -0.15) is 0 Å². The number of carbonyl (C=O) groups is 1. The van der Waals surface area contributed by atoms with Crippen LogP contribution in [-0.2, 0) is 0 Å². The van der Waals surface area contributed by atoms with Crippen LogP contribution in [0, 0.1) is 19.8 Å². The maximum absolute atomic E-state index is 12.2. The summed E-state index contributed by atoms with van der Waals surface area (Å²) in [6.45, 7) is 8.21. The number of rotatable bonds is 4. The number of Topliss-reactive ketones (excluding diaryl/α,β-unsaturated/α-hetero) is 1. The van der Waals surface area contributed by atoms with E-state index >= 15 is 0 Å². The predicted molar refractivity (Wildman–Crippen MR) is 84.8 cm³/mol. The van der Waals surface area contributed by atoms with Gasteiger partial charge in [-0.3, -0.25) is 4.79 Å². The topological polar surface area (TPSA) is 22.0 Å². The second-order valence-electron chi connectivity index (χ2n) is 6.23. The zero-order chi connectivity index (χ0) is 14.9. The van der Waals surface area contributed by atoms with E-state index in [2.05, 4.69) is 25.3 Å². The minimum absolute atomic E-state index is 0.0499. The normalized spacial score (nSPS) is 24.6. The maximum atomic E-state index is 12.2. The second-order valence-corrected chi connectivity index (χ2v) is 6.88. The molecule has 0 radical (unpaired) electrons. The van der Waals surface area contributed by atoms with E-state index in [-0.39, 0.29) is 5.78 Å². The first-order chi connectivity index (χ1) is 9.45. The van der Waals surface area contributed by atoms with Crippen molar-refractivity contribution in [3.05, 3.63) is 23.0 Å². The predicted octanol–water partition coefficient (Wildman–Crippen LogP) is 5.06. The highest BCUT2D eigenvalue weighted by Crippen LogP contribution is 2.36. The third-order valence-electron chi connectivity index (χ3n) is 4.81. The van der Waals surface area contributed by atoms with Gasteiger partial charge in [0.05, 0.1) is 5.38 Å². The van der Waals surface area contributed by atoms with E-state index in [1.165, 1.54) is 37.8 Å². The summed E-state index contributed by atoms with van der Waals surface area (Å²) in [6.07, 6.45) is 6.40. The van der Waals surface area contributed by atoms with E-state index in [0.29, 0.717) is 6.04 Å². The van der Waals surface area contributed by atoms with E-state index in [4.69, 9.17) is 11.6 Å². The van der Waals surface area contributed by atoms with Crippen LogP contribution in [0.25, 0.3) is 0 Å². The molecule has 2 rings (SSSR count). The molecule has 1 aromatic rings. The Bertz CT molecular complexity index is 489. The van der Waals surface area contributed by atoms with Crippen LogP contribution in [0.5, 0.6) is 0 Å². The summed E-state index contributed by atoms with van der Waals surface area (Å²) in [7, 11) is 0. The summed E-state index contributed by atoms with van der Waals surface area (Å²) in [6, 6.07) is 2.58. The van der Waals surface area contributed by atoms with E-state index in [1.54, 1.807) is 6.92 Å². The molecule has 1 heterocycles. The quantitative estimate of drug-likeness (QED) is 0.562. The smallest absolute Gasteiger partial charge is 0.182 e. The van der Waals surface area contributed by atoms with Gasteiger partial charge in [0.15, 0.2) is 5.78 Å². The molecule has 20 heavy (non-hydrogen) atoms. The van der Waals surface area contributed by atoms with Gasteiger partial charge in [0.25, 0.3) is 0 Å². The summed E-state index contributed by atoms with van der Waals surface area (Å²) < 4.78 is 2.38. The fraction of sp³-hybridized carbons (Fsp3) is 0.706. The number of nitrogens with zero attached hydrogens (tertiary/aromatic N) is 1. The zero-order valence-corrected chi connectivity index (χ0v) is 13.8. The molecule has 0 saturated heterocycles. The van der Waals surface area contributed by atoms with E-state index < -0.39 is 5.38 Å². The molecule has 1 aliphatic carbocycles. The van der Waals surface area contributed by atoms with Crippen molar-refractivity contribution in [3.8, 4) is 0 Å². The molecule has 0 spiro atoms. The third-order valence-corrected chi connectivity index (χ3v) is 5.01. The van der Waals surface area contributed by atoms with Crippen molar-refractivity contribution in [2.45, 2.75) is 71.2 Å². The molecule has 3 atom stereocenters. The third kappa shape index (κ3) is 2.95. The Kier molecular flexibility index (Phi) is 4.95. The lowest BCUT2D eigenvalue weighted by molar-refractivity contribution is 0.0991. The lowest BCUT2D eigenvalue weighted by Gasteiger charge is -2.31. The highest BCUT2D eigenvalue weighted by molar-refractivity contribution is 6.33. The zero-order valence-electron chi connectivity index (χ0n) is 13.1. The minimum Gasteiger partial charge on any atom is -0.345 e. The lowest BCUT2D eigenvalue weighted by Crippen LogP contribution is -2.21. The van der Waals surface area contributed by atoms with Crippen molar-refractivity contribution in [1.29, 1.82) is 0 Å². The molecule has 1 aliphatic rings. The second kappa shape index (κ2) is 6.34. The van der Waals surface area contributed by atoms with Crippen molar-refractivity contribution < 1.29 is 4.79 Å². The first kappa shape index (κ1) is 15.6. The molecular formula is C17H26ClNO. The van der Waals surface area contributed by atoms with Gasteiger partial charge in [-0.1, -0.05) is 26.2 Å². The van der Waals surface area contributed by atoms with Crippen LogP contribution in [0.3, 0.4) is 0 Å². The average Bonchev–Trinajstić information content (AvgIpc) is 2.73. The number of carbonyl (C=O) groups excluding carboxylic acids is 1. The number of aromatic nitrogens is 1. The molecule has 112 valence electrons. The van der Waals surface area contributed by atoms with Crippen LogP contribution in [0.2, 0.25) is 0 Å². The van der Waals surface area contributed by atoms with Crippen LogP contribution < -0.4 is 0 Å². The van der Waals surface area contributed by atoms with Crippen molar-refractivity contribution in [1.82, 2.24) is 4.57 Å². The summed E-state index contributed by atoms with van der Waals surface area (Å²) in [5.74, 6) is 0.884. The molecule has 0 N–H and O–H groups in total. The van der Waals surface area contributed by atoms with Gasteiger partial charge in [-0.05, 0) is 45.6 Å². The van der Waals surface area contributed by atoms with Gasteiger partial charge >= 0.3 is 0 Å². The van der Waals surface area contributed by atoms with Crippen LogP contribution in [0.15, 0.2) is 6.07 Å². The molecule has 3 heteroatoms. The van der Waals surface area contributed by atoms with Crippen molar-refractivity contribution in [3.63, 3.8) is 0 Å². The fourth-order valence-electron chi connectivity index (χ4n) is 3.67. The first-order valence-electron chi connectivity index (χ1n) is 7.82. The lowest BCUT2D eigenvalue weighted by atomic mass is 9.84. The average molecular weight is 296 g/mol. The van der Waals surface area contributed by atoms with Gasteiger partial charge < -0.3 is 4.57 Å².